The number of aromatic nitrogens is 2. The van der Waals surface area contributed by atoms with Crippen LogP contribution in [0.4, 0.5) is 0 Å². The number of H-pyrrole nitrogens is 1. The first kappa shape index (κ1) is 11.7. The molecule has 1 rings (SSSR count). The van der Waals surface area contributed by atoms with E-state index >= 15 is 0 Å². The average Bonchev–Trinajstić information content (AvgIpc) is 2.69. The normalized spacial score (nSPS) is 13.5. The highest BCUT2D eigenvalue weighted by molar-refractivity contribution is 7.89. The van der Waals surface area contributed by atoms with E-state index < -0.39 is 22.0 Å². The van der Waals surface area contributed by atoms with Crippen LogP contribution < -0.4 is 4.72 Å². The van der Waals surface area contributed by atoms with Crippen LogP contribution in [0.15, 0.2) is 17.3 Å². The van der Waals surface area contributed by atoms with E-state index in [0.717, 1.165) is 0 Å². The topological polar surface area (TPSA) is 101 Å². The number of hydrogen-bond donors (Lipinski definition) is 2. The van der Waals surface area contributed by atoms with Crippen LogP contribution in [-0.2, 0) is 19.6 Å². The second-order valence-corrected chi connectivity index (χ2v) is 4.47. The molecule has 0 saturated heterocycles. The zero-order chi connectivity index (χ0) is 11.5. The highest BCUT2D eigenvalue weighted by Gasteiger charge is 2.23. The van der Waals surface area contributed by atoms with Crippen molar-refractivity contribution in [2.75, 3.05) is 7.11 Å². The quantitative estimate of drug-likeness (QED) is 0.666. The van der Waals surface area contributed by atoms with Crippen LogP contribution in [0.3, 0.4) is 0 Å². The highest BCUT2D eigenvalue weighted by Crippen LogP contribution is 2.03. The summed E-state index contributed by atoms with van der Waals surface area (Å²) in [4.78, 5) is 11.0. The van der Waals surface area contributed by atoms with Gasteiger partial charge in [-0.15, -0.1) is 0 Å². The molecule has 0 unspecified atom stereocenters. The fraction of sp³-hybridized carbons (Fsp3) is 0.429. The molecule has 0 bridgehead atoms. The van der Waals surface area contributed by atoms with Gasteiger partial charge < -0.3 is 4.74 Å². The van der Waals surface area contributed by atoms with Crippen LogP contribution in [0.1, 0.15) is 6.92 Å². The Morgan fingerprint density at radius 1 is 1.67 bits per heavy atom. The predicted octanol–water partition coefficient (Wildman–Crippen LogP) is -0.751. The lowest BCUT2D eigenvalue weighted by molar-refractivity contribution is -0.142. The zero-order valence-corrected chi connectivity index (χ0v) is 9.04. The van der Waals surface area contributed by atoms with Gasteiger partial charge in [-0.3, -0.25) is 9.89 Å². The molecular weight excluding hydrogens is 222 g/mol. The minimum Gasteiger partial charge on any atom is -0.468 e. The Hall–Kier alpha value is -1.41. The molecule has 2 N–H and O–H groups in total. The molecule has 0 aliphatic carbocycles. The molecule has 7 nitrogen and oxygen atoms in total. The SMILES string of the molecule is COC(=O)[C@H](C)NS(=O)(=O)c1ccn[nH]1. The molecule has 1 heterocycles. The van der Waals surface area contributed by atoms with Crippen molar-refractivity contribution in [3.05, 3.63) is 12.3 Å². The third-order valence-corrected chi connectivity index (χ3v) is 3.12. The number of nitrogens with one attached hydrogen (secondary N) is 2. The summed E-state index contributed by atoms with van der Waals surface area (Å²) in [6, 6.07) is 0.343. The van der Waals surface area contributed by atoms with Gasteiger partial charge in [0.05, 0.1) is 13.3 Å². The van der Waals surface area contributed by atoms with Crippen LogP contribution in [0.25, 0.3) is 0 Å². The largest absolute Gasteiger partial charge is 0.468 e. The minimum absolute atomic E-state index is 0.0988. The van der Waals surface area contributed by atoms with Gasteiger partial charge in [-0.1, -0.05) is 0 Å². The van der Waals surface area contributed by atoms with E-state index in [2.05, 4.69) is 19.7 Å². The number of methoxy groups -OCH3 is 1. The van der Waals surface area contributed by atoms with Crippen molar-refractivity contribution < 1.29 is 17.9 Å². The fourth-order valence-corrected chi connectivity index (χ4v) is 2.02. The van der Waals surface area contributed by atoms with Crippen LogP contribution in [0, 0.1) is 0 Å². The van der Waals surface area contributed by atoms with E-state index in [4.69, 9.17) is 0 Å². The third kappa shape index (κ3) is 2.77. The number of carbonyl (C=O) groups excluding carboxylic acids is 1. The molecule has 8 heteroatoms. The van der Waals surface area contributed by atoms with Crippen LogP contribution in [-0.4, -0.2) is 37.7 Å². The Morgan fingerprint density at radius 3 is 2.80 bits per heavy atom. The van der Waals surface area contributed by atoms with Gasteiger partial charge in [0.25, 0.3) is 10.0 Å². The van der Waals surface area contributed by atoms with Crippen LogP contribution >= 0.6 is 0 Å². The van der Waals surface area contributed by atoms with Gasteiger partial charge in [0, 0.05) is 0 Å². The molecule has 1 atom stereocenters. The molecule has 0 aliphatic heterocycles. The number of esters is 1. The number of hydrogen-bond acceptors (Lipinski definition) is 5. The molecule has 0 aromatic carbocycles. The number of ether oxygens (including phenoxy) is 1. The van der Waals surface area contributed by atoms with Crippen molar-refractivity contribution in [2.45, 2.75) is 18.0 Å². The second kappa shape index (κ2) is 4.41. The van der Waals surface area contributed by atoms with Gasteiger partial charge in [0.1, 0.15) is 6.04 Å². The van der Waals surface area contributed by atoms with Gasteiger partial charge in [0.15, 0.2) is 5.03 Å². The second-order valence-electron chi connectivity index (χ2n) is 2.79. The predicted molar refractivity (Wildman–Crippen MR) is 50.4 cm³/mol. The van der Waals surface area contributed by atoms with Gasteiger partial charge in [0.2, 0.25) is 0 Å². The standard InChI is InChI=1S/C7H11N3O4S/c1-5(7(11)14-2)10-15(12,13)6-3-4-8-9-6/h3-5,10H,1-2H3,(H,8,9)/t5-/m0/s1. The maximum Gasteiger partial charge on any atom is 0.323 e. The van der Waals surface area contributed by atoms with Crippen molar-refractivity contribution >= 4 is 16.0 Å². The van der Waals surface area contributed by atoms with Gasteiger partial charge in [-0.2, -0.15) is 9.82 Å². The molecule has 1 aromatic heterocycles. The highest BCUT2D eigenvalue weighted by atomic mass is 32.2. The minimum atomic E-state index is -3.74. The van der Waals surface area contributed by atoms with E-state index in [9.17, 15) is 13.2 Å². The van der Waals surface area contributed by atoms with E-state index in [-0.39, 0.29) is 5.03 Å². The fourth-order valence-electron chi connectivity index (χ4n) is 0.914. The lowest BCUT2D eigenvalue weighted by atomic mass is 10.4. The maximum absolute atomic E-state index is 11.5. The molecule has 15 heavy (non-hydrogen) atoms. The Bertz CT molecular complexity index is 425. The molecule has 1 aromatic rings. The van der Waals surface area contributed by atoms with E-state index in [1.807, 2.05) is 0 Å². The Labute approximate surface area is 86.9 Å². The Balaban J connectivity index is 2.78. The monoisotopic (exact) mass is 233 g/mol. The Morgan fingerprint density at radius 2 is 2.33 bits per heavy atom. The van der Waals surface area contributed by atoms with E-state index in [1.54, 1.807) is 0 Å². The lowest BCUT2D eigenvalue weighted by Gasteiger charge is -2.10. The summed E-state index contributed by atoms with van der Waals surface area (Å²) in [6.07, 6.45) is 1.30. The zero-order valence-electron chi connectivity index (χ0n) is 8.22. The van der Waals surface area contributed by atoms with Gasteiger partial charge in [-0.05, 0) is 13.0 Å². The number of rotatable bonds is 4. The summed E-state index contributed by atoms with van der Waals surface area (Å²) < 4.78 is 29.6. The summed E-state index contributed by atoms with van der Waals surface area (Å²) in [5.41, 5.74) is 0. The van der Waals surface area contributed by atoms with E-state index in [0.29, 0.717) is 0 Å². The van der Waals surface area contributed by atoms with Crippen molar-refractivity contribution in [1.82, 2.24) is 14.9 Å². The molecule has 0 fully saturated rings. The molecule has 0 amide bonds. The summed E-state index contributed by atoms with van der Waals surface area (Å²) in [5, 5.41) is 5.69. The molecule has 84 valence electrons. The van der Waals surface area contributed by atoms with E-state index in [1.165, 1.54) is 26.3 Å². The Kier molecular flexibility index (Phi) is 3.43. The van der Waals surface area contributed by atoms with Crippen molar-refractivity contribution in [3.8, 4) is 0 Å². The van der Waals surface area contributed by atoms with Crippen LogP contribution in [0.2, 0.25) is 0 Å². The summed E-state index contributed by atoms with van der Waals surface area (Å²) >= 11 is 0. The molecule has 0 saturated carbocycles. The molecular formula is C7H11N3O4S. The third-order valence-electron chi connectivity index (χ3n) is 1.65. The van der Waals surface area contributed by atoms with Crippen molar-refractivity contribution in [3.63, 3.8) is 0 Å². The molecule has 0 spiro atoms. The first-order chi connectivity index (χ1) is 6.97. The number of aromatic amines is 1. The maximum atomic E-state index is 11.5. The number of carbonyl (C=O) groups is 1. The van der Waals surface area contributed by atoms with Gasteiger partial charge >= 0.3 is 5.97 Å². The number of nitrogens with zero attached hydrogens (tertiary/aromatic N) is 1. The van der Waals surface area contributed by atoms with Gasteiger partial charge in [-0.25, -0.2) is 8.42 Å². The summed E-state index contributed by atoms with van der Waals surface area (Å²) in [5.74, 6) is -0.655. The molecule has 0 aliphatic rings. The summed E-state index contributed by atoms with van der Waals surface area (Å²) in [7, 11) is -2.56. The first-order valence-electron chi connectivity index (χ1n) is 4.07. The smallest absolute Gasteiger partial charge is 0.323 e. The number of sulfonamides is 1. The van der Waals surface area contributed by atoms with Crippen LogP contribution in [0.5, 0.6) is 0 Å². The summed E-state index contributed by atoms with van der Waals surface area (Å²) in [6.45, 7) is 1.39. The van der Waals surface area contributed by atoms with Crippen molar-refractivity contribution in [1.29, 1.82) is 0 Å². The average molecular weight is 233 g/mol. The molecule has 0 radical (unpaired) electrons. The first-order valence-corrected chi connectivity index (χ1v) is 5.55. The lowest BCUT2D eigenvalue weighted by Crippen LogP contribution is -2.39. The van der Waals surface area contributed by atoms with Crippen molar-refractivity contribution in [2.24, 2.45) is 0 Å².